The van der Waals surface area contributed by atoms with E-state index in [1.54, 1.807) is 0 Å². The first-order valence-electron chi connectivity index (χ1n) is 11.6. The van der Waals surface area contributed by atoms with Crippen molar-refractivity contribution >= 4 is 22.8 Å². The Morgan fingerprint density at radius 2 is 1.52 bits per heavy atom. The minimum Gasteiger partial charge on any atom is -0.355 e. The fourth-order valence-corrected chi connectivity index (χ4v) is 3.88. The molecule has 172 valence electrons. The van der Waals surface area contributed by atoms with E-state index in [-0.39, 0.29) is 5.91 Å². The summed E-state index contributed by atoms with van der Waals surface area (Å²) in [5.74, 6) is 0.0408. The Kier molecular flexibility index (Phi) is 8.37. The molecule has 0 bridgehead atoms. The molecule has 6 heteroatoms. The van der Waals surface area contributed by atoms with Crippen molar-refractivity contribution in [2.24, 2.45) is 11.8 Å². The van der Waals surface area contributed by atoms with Crippen LogP contribution in [0.2, 0.25) is 0 Å². The van der Waals surface area contributed by atoms with E-state index in [0.29, 0.717) is 41.8 Å². The average molecular weight is 444 g/mol. The van der Waals surface area contributed by atoms with Crippen LogP contribution in [-0.2, 0) is 11.2 Å². The molecule has 0 saturated heterocycles. The van der Waals surface area contributed by atoms with Crippen molar-refractivity contribution in [1.82, 2.24) is 15.3 Å². The van der Waals surface area contributed by atoms with Crippen LogP contribution in [0, 0.1) is 23.2 Å². The highest BCUT2D eigenvalue weighted by Gasteiger charge is 2.29. The molecular weight excluding hydrogens is 410 g/mol. The number of fused-ring (bicyclic) bond motifs is 1. The fourth-order valence-electron chi connectivity index (χ4n) is 3.88. The number of para-hydroxylation sites is 2. The van der Waals surface area contributed by atoms with Gasteiger partial charge in [0.05, 0.1) is 17.1 Å². The number of nitrogens with one attached hydrogen (secondary N) is 1. The number of nitriles is 1. The van der Waals surface area contributed by atoms with Crippen molar-refractivity contribution < 1.29 is 4.79 Å². The van der Waals surface area contributed by atoms with Crippen LogP contribution >= 0.6 is 0 Å². The Labute approximate surface area is 196 Å². The average Bonchev–Trinajstić information content (AvgIpc) is 2.79. The van der Waals surface area contributed by atoms with Gasteiger partial charge in [0.25, 0.3) is 0 Å². The van der Waals surface area contributed by atoms with Crippen molar-refractivity contribution in [3.05, 3.63) is 65.9 Å². The van der Waals surface area contributed by atoms with E-state index in [4.69, 9.17) is 9.97 Å². The van der Waals surface area contributed by atoms with Crippen LogP contribution in [0.5, 0.6) is 0 Å². The molecule has 1 N–H and O–H groups in total. The zero-order valence-electron chi connectivity index (χ0n) is 20.0. The Morgan fingerprint density at radius 3 is 2.09 bits per heavy atom. The first-order chi connectivity index (χ1) is 15.9. The van der Waals surface area contributed by atoms with Crippen LogP contribution < -0.4 is 10.2 Å². The first-order valence-corrected chi connectivity index (χ1v) is 11.6. The molecule has 0 spiro atoms. The molecule has 0 fully saturated rings. The van der Waals surface area contributed by atoms with Gasteiger partial charge in [0.15, 0.2) is 11.7 Å². The molecule has 1 atom stereocenters. The second kappa shape index (κ2) is 11.4. The van der Waals surface area contributed by atoms with Crippen molar-refractivity contribution in [3.8, 4) is 6.07 Å². The summed E-state index contributed by atoms with van der Waals surface area (Å²) in [6, 6.07) is 19.8. The highest BCUT2D eigenvalue weighted by molar-refractivity contribution is 5.88. The molecule has 3 aromatic rings. The van der Waals surface area contributed by atoms with Crippen LogP contribution in [0.3, 0.4) is 0 Å². The van der Waals surface area contributed by atoms with Gasteiger partial charge < -0.3 is 10.2 Å². The molecule has 0 aliphatic heterocycles. The molecular formula is C27H33N5O. The molecule has 0 radical (unpaired) electrons. The number of carbonyl (C=O) groups excluding carboxylic acids is 1. The SMILES string of the molecule is CC(C)CN(CC(C)C)c1nc2ccccc2nc1C(C#N)C(=O)NCCc1ccccc1. The lowest BCUT2D eigenvalue weighted by Crippen LogP contribution is -2.36. The van der Waals surface area contributed by atoms with Gasteiger partial charge in [-0.3, -0.25) is 4.79 Å². The van der Waals surface area contributed by atoms with Crippen LogP contribution in [0.25, 0.3) is 11.0 Å². The third-order valence-electron chi connectivity index (χ3n) is 5.27. The highest BCUT2D eigenvalue weighted by atomic mass is 16.1. The fraction of sp³-hybridized carbons (Fsp3) is 0.407. The predicted octanol–water partition coefficient (Wildman–Crippen LogP) is 4.71. The number of anilines is 1. The van der Waals surface area contributed by atoms with Crippen LogP contribution in [-0.4, -0.2) is 35.5 Å². The van der Waals surface area contributed by atoms with E-state index in [1.807, 2.05) is 54.6 Å². The topological polar surface area (TPSA) is 81.9 Å². The molecule has 0 aliphatic carbocycles. The number of nitrogens with zero attached hydrogens (tertiary/aromatic N) is 4. The van der Waals surface area contributed by atoms with Crippen LogP contribution in [0.1, 0.15) is 44.9 Å². The number of carbonyl (C=O) groups is 1. The molecule has 3 rings (SSSR count). The molecule has 2 aromatic carbocycles. The van der Waals surface area contributed by atoms with Crippen molar-refractivity contribution in [2.45, 2.75) is 40.0 Å². The monoisotopic (exact) mass is 443 g/mol. The second-order valence-corrected chi connectivity index (χ2v) is 9.20. The van der Waals surface area contributed by atoms with Gasteiger partial charge in [-0.25, -0.2) is 9.97 Å². The van der Waals surface area contributed by atoms with E-state index >= 15 is 0 Å². The van der Waals surface area contributed by atoms with Gasteiger partial charge in [-0.1, -0.05) is 70.2 Å². The summed E-state index contributed by atoms with van der Waals surface area (Å²) < 4.78 is 0. The molecule has 6 nitrogen and oxygen atoms in total. The maximum Gasteiger partial charge on any atom is 0.243 e. The number of amides is 1. The summed E-state index contributed by atoms with van der Waals surface area (Å²) in [5, 5.41) is 12.9. The minimum absolute atomic E-state index is 0.340. The van der Waals surface area contributed by atoms with E-state index in [0.717, 1.165) is 24.2 Å². The Balaban J connectivity index is 1.94. The zero-order chi connectivity index (χ0) is 23.8. The summed E-state index contributed by atoms with van der Waals surface area (Å²) in [7, 11) is 0. The number of aromatic nitrogens is 2. The quantitative estimate of drug-likeness (QED) is 0.490. The summed E-state index contributed by atoms with van der Waals surface area (Å²) >= 11 is 0. The van der Waals surface area contributed by atoms with Gasteiger partial charge in [-0.2, -0.15) is 5.26 Å². The maximum absolute atomic E-state index is 13.1. The van der Waals surface area contributed by atoms with Gasteiger partial charge in [0.1, 0.15) is 5.69 Å². The molecule has 1 unspecified atom stereocenters. The number of hydrogen-bond acceptors (Lipinski definition) is 5. The lowest BCUT2D eigenvalue weighted by Gasteiger charge is -2.29. The summed E-state index contributed by atoms with van der Waals surface area (Å²) in [4.78, 5) is 24.9. The number of benzene rings is 2. The van der Waals surface area contributed by atoms with Crippen molar-refractivity contribution in [1.29, 1.82) is 5.26 Å². The van der Waals surface area contributed by atoms with Crippen LogP contribution in [0.4, 0.5) is 5.82 Å². The molecule has 1 amide bonds. The van der Waals surface area contributed by atoms with Crippen LogP contribution in [0.15, 0.2) is 54.6 Å². The first kappa shape index (κ1) is 24.2. The third-order valence-corrected chi connectivity index (χ3v) is 5.27. The van der Waals surface area contributed by atoms with Gasteiger partial charge in [0.2, 0.25) is 5.91 Å². The van der Waals surface area contributed by atoms with E-state index in [9.17, 15) is 10.1 Å². The summed E-state index contributed by atoms with van der Waals surface area (Å²) in [5.41, 5.74) is 3.00. The minimum atomic E-state index is -1.03. The Morgan fingerprint density at radius 1 is 0.939 bits per heavy atom. The predicted molar refractivity (Wildman–Crippen MR) is 133 cm³/mol. The molecule has 0 saturated carbocycles. The zero-order valence-corrected chi connectivity index (χ0v) is 20.0. The lowest BCUT2D eigenvalue weighted by atomic mass is 10.0. The van der Waals surface area contributed by atoms with Crippen molar-refractivity contribution in [2.75, 3.05) is 24.5 Å². The van der Waals surface area contributed by atoms with E-state index < -0.39 is 5.92 Å². The standard InChI is InChI=1S/C27H33N5O/c1-19(2)17-32(18-20(3)4)26-25(30-23-12-8-9-13-24(23)31-26)22(16-28)27(33)29-15-14-21-10-6-5-7-11-21/h5-13,19-20,22H,14-15,17-18H2,1-4H3,(H,29,33). The number of hydrogen-bond donors (Lipinski definition) is 1. The smallest absolute Gasteiger partial charge is 0.243 e. The van der Waals surface area contributed by atoms with Gasteiger partial charge >= 0.3 is 0 Å². The lowest BCUT2D eigenvalue weighted by molar-refractivity contribution is -0.121. The molecule has 1 heterocycles. The summed E-state index contributed by atoms with van der Waals surface area (Å²) in [6.45, 7) is 10.6. The Bertz CT molecular complexity index is 1090. The van der Waals surface area contributed by atoms with Gasteiger partial charge in [0, 0.05) is 19.6 Å². The Hall–Kier alpha value is -3.46. The van der Waals surface area contributed by atoms with E-state index in [2.05, 4.69) is 44.0 Å². The molecule has 0 aliphatic rings. The molecule has 1 aromatic heterocycles. The van der Waals surface area contributed by atoms with Crippen molar-refractivity contribution in [3.63, 3.8) is 0 Å². The number of rotatable bonds is 10. The highest BCUT2D eigenvalue weighted by Crippen LogP contribution is 2.28. The molecule has 33 heavy (non-hydrogen) atoms. The second-order valence-electron chi connectivity index (χ2n) is 9.20. The largest absolute Gasteiger partial charge is 0.355 e. The normalized spacial score (nSPS) is 12.0. The third kappa shape index (κ3) is 6.52. The summed E-state index contributed by atoms with van der Waals surface area (Å²) in [6.07, 6.45) is 0.702. The maximum atomic E-state index is 13.1. The van der Waals surface area contributed by atoms with Gasteiger partial charge in [-0.05, 0) is 36.0 Å². The van der Waals surface area contributed by atoms with Gasteiger partial charge in [-0.15, -0.1) is 0 Å². The van der Waals surface area contributed by atoms with E-state index in [1.165, 1.54) is 0 Å².